The van der Waals surface area contributed by atoms with E-state index in [9.17, 15) is 19.2 Å². The van der Waals surface area contributed by atoms with E-state index in [0.717, 1.165) is 0 Å². The second-order valence-electron chi connectivity index (χ2n) is 3.71. The van der Waals surface area contributed by atoms with Crippen LogP contribution >= 0.6 is 0 Å². The highest BCUT2D eigenvalue weighted by Gasteiger charge is 2.15. The lowest BCUT2D eigenvalue weighted by atomic mass is 10.0. The van der Waals surface area contributed by atoms with Crippen molar-refractivity contribution in [1.29, 1.82) is 0 Å². The van der Waals surface area contributed by atoms with Gasteiger partial charge in [-0.1, -0.05) is 6.92 Å². The molecule has 1 unspecified atom stereocenters. The number of rotatable bonds is 6. The quantitative estimate of drug-likeness (QED) is 0.553. The average Bonchev–Trinajstić information content (AvgIpc) is 2.24. The van der Waals surface area contributed by atoms with Gasteiger partial charge in [0.15, 0.2) is 0 Å². The zero-order valence-electron chi connectivity index (χ0n) is 10.2. The number of ether oxygens (including phenoxy) is 1. The molecule has 0 aromatic heterocycles. The molecular formula is C10H16N2O6. The summed E-state index contributed by atoms with van der Waals surface area (Å²) in [6, 6.07) is -0.826. The number of hydrogen-bond acceptors (Lipinski definition) is 5. The minimum atomic E-state index is -1.01. The minimum absolute atomic E-state index is 0.0854. The van der Waals surface area contributed by atoms with Crippen molar-refractivity contribution in [3.05, 3.63) is 0 Å². The van der Waals surface area contributed by atoms with Gasteiger partial charge in [0.1, 0.15) is 6.54 Å². The molecule has 0 aliphatic rings. The summed E-state index contributed by atoms with van der Waals surface area (Å²) < 4.78 is 4.28. The first-order valence-corrected chi connectivity index (χ1v) is 5.21. The van der Waals surface area contributed by atoms with Gasteiger partial charge in [0.2, 0.25) is 5.91 Å². The van der Waals surface area contributed by atoms with Crippen LogP contribution in [0.2, 0.25) is 0 Å². The van der Waals surface area contributed by atoms with Crippen LogP contribution in [-0.4, -0.2) is 42.6 Å². The molecule has 0 heterocycles. The number of nitrogens with one attached hydrogen (secondary N) is 2. The molecule has 18 heavy (non-hydrogen) atoms. The van der Waals surface area contributed by atoms with E-state index in [-0.39, 0.29) is 25.3 Å². The maximum atomic E-state index is 11.3. The molecule has 0 aromatic rings. The van der Waals surface area contributed by atoms with E-state index < -0.39 is 23.9 Å². The van der Waals surface area contributed by atoms with E-state index in [2.05, 4.69) is 10.1 Å². The topological polar surface area (TPSA) is 122 Å². The Kier molecular flexibility index (Phi) is 7.10. The number of methoxy groups -OCH3 is 1. The zero-order valence-corrected chi connectivity index (χ0v) is 10.2. The molecule has 0 saturated heterocycles. The molecule has 0 radical (unpaired) electrons. The smallest absolute Gasteiger partial charge is 0.325 e. The molecule has 102 valence electrons. The third-order valence-electron chi connectivity index (χ3n) is 1.93. The van der Waals surface area contributed by atoms with Gasteiger partial charge in [-0.05, 0) is 5.92 Å². The predicted octanol–water partition coefficient (Wildman–Crippen LogP) is -0.514. The van der Waals surface area contributed by atoms with Crippen molar-refractivity contribution < 1.29 is 29.0 Å². The standard InChI is InChI=1S/C10H16N2O6/c1-6(4-8(14)15)3-7(13)12-10(17)11-5-9(16)18-2/h6H,3-5H2,1-2H3,(H,14,15)(H2,11,12,13,17). The van der Waals surface area contributed by atoms with Crippen LogP contribution in [-0.2, 0) is 19.1 Å². The molecule has 3 amide bonds. The highest BCUT2D eigenvalue weighted by Crippen LogP contribution is 2.06. The second-order valence-corrected chi connectivity index (χ2v) is 3.71. The van der Waals surface area contributed by atoms with Crippen LogP contribution in [0.1, 0.15) is 19.8 Å². The zero-order chi connectivity index (χ0) is 14.1. The van der Waals surface area contributed by atoms with Crippen molar-refractivity contribution in [3.8, 4) is 0 Å². The predicted molar refractivity (Wildman–Crippen MR) is 59.6 cm³/mol. The fourth-order valence-electron chi connectivity index (χ4n) is 1.13. The molecule has 0 fully saturated rings. The van der Waals surface area contributed by atoms with Crippen molar-refractivity contribution in [2.45, 2.75) is 19.8 Å². The summed E-state index contributed by atoms with van der Waals surface area (Å²) in [5, 5.41) is 12.6. The molecule has 0 rings (SSSR count). The summed E-state index contributed by atoms with van der Waals surface area (Å²) in [7, 11) is 1.17. The van der Waals surface area contributed by atoms with Crippen LogP contribution in [0.25, 0.3) is 0 Å². The van der Waals surface area contributed by atoms with Gasteiger partial charge in [-0.2, -0.15) is 0 Å². The maximum absolute atomic E-state index is 11.3. The van der Waals surface area contributed by atoms with E-state index >= 15 is 0 Å². The molecule has 0 aliphatic heterocycles. The van der Waals surface area contributed by atoms with Crippen LogP contribution in [0, 0.1) is 5.92 Å². The van der Waals surface area contributed by atoms with E-state index in [1.807, 2.05) is 5.32 Å². The van der Waals surface area contributed by atoms with Crippen molar-refractivity contribution in [3.63, 3.8) is 0 Å². The molecule has 0 bridgehead atoms. The van der Waals surface area contributed by atoms with Crippen molar-refractivity contribution >= 4 is 23.9 Å². The Bertz CT molecular complexity index is 341. The summed E-state index contributed by atoms with van der Waals surface area (Å²) in [5.41, 5.74) is 0. The van der Waals surface area contributed by atoms with Gasteiger partial charge in [-0.3, -0.25) is 19.7 Å². The van der Waals surface area contributed by atoms with Gasteiger partial charge in [-0.25, -0.2) is 4.79 Å². The Balaban J connectivity index is 3.90. The maximum Gasteiger partial charge on any atom is 0.325 e. The molecule has 0 spiro atoms. The number of carboxylic acids is 1. The first-order chi connectivity index (χ1) is 8.35. The van der Waals surface area contributed by atoms with Crippen LogP contribution in [0.5, 0.6) is 0 Å². The summed E-state index contributed by atoms with van der Waals surface area (Å²) in [6.45, 7) is 1.24. The van der Waals surface area contributed by atoms with Crippen LogP contribution < -0.4 is 10.6 Å². The normalized spacial score (nSPS) is 11.2. The number of carbonyl (C=O) groups is 4. The third-order valence-corrected chi connectivity index (χ3v) is 1.93. The van der Waals surface area contributed by atoms with Crippen LogP contribution in [0.3, 0.4) is 0 Å². The number of carboxylic acid groups (broad SMARTS) is 1. The fraction of sp³-hybridized carbons (Fsp3) is 0.600. The highest BCUT2D eigenvalue weighted by molar-refractivity contribution is 5.95. The lowest BCUT2D eigenvalue weighted by molar-refractivity contribution is -0.140. The molecule has 8 nitrogen and oxygen atoms in total. The van der Waals surface area contributed by atoms with Gasteiger partial charge in [0.05, 0.1) is 7.11 Å². The Morgan fingerprint density at radius 1 is 1.22 bits per heavy atom. The van der Waals surface area contributed by atoms with Gasteiger partial charge in [0, 0.05) is 12.8 Å². The lowest BCUT2D eigenvalue weighted by Crippen LogP contribution is -2.42. The van der Waals surface area contributed by atoms with E-state index in [0.29, 0.717) is 0 Å². The highest BCUT2D eigenvalue weighted by atomic mass is 16.5. The Morgan fingerprint density at radius 2 is 1.83 bits per heavy atom. The second kappa shape index (κ2) is 8.04. The summed E-state index contributed by atoms with van der Waals surface area (Å²) >= 11 is 0. The number of hydrogen-bond donors (Lipinski definition) is 3. The Hall–Kier alpha value is -2.12. The number of carbonyl (C=O) groups excluding carboxylic acids is 3. The third kappa shape index (κ3) is 8.08. The lowest BCUT2D eigenvalue weighted by Gasteiger charge is -2.09. The number of urea groups is 1. The van der Waals surface area contributed by atoms with E-state index in [1.165, 1.54) is 7.11 Å². The first-order valence-electron chi connectivity index (χ1n) is 5.21. The van der Waals surface area contributed by atoms with Crippen molar-refractivity contribution in [2.24, 2.45) is 5.92 Å². The largest absolute Gasteiger partial charge is 0.481 e. The minimum Gasteiger partial charge on any atom is -0.481 e. The molecule has 3 N–H and O–H groups in total. The van der Waals surface area contributed by atoms with Gasteiger partial charge < -0.3 is 15.2 Å². The first kappa shape index (κ1) is 15.9. The van der Waals surface area contributed by atoms with E-state index in [1.54, 1.807) is 6.92 Å². The van der Waals surface area contributed by atoms with Crippen LogP contribution in [0.4, 0.5) is 4.79 Å². The average molecular weight is 260 g/mol. The molecular weight excluding hydrogens is 244 g/mol. The van der Waals surface area contributed by atoms with Gasteiger partial charge in [-0.15, -0.1) is 0 Å². The summed E-state index contributed by atoms with van der Waals surface area (Å²) in [5.74, 6) is -2.63. The fourth-order valence-corrected chi connectivity index (χ4v) is 1.13. The molecule has 0 aromatic carbocycles. The van der Waals surface area contributed by atoms with Gasteiger partial charge in [0.25, 0.3) is 0 Å². The molecule has 8 heteroatoms. The van der Waals surface area contributed by atoms with Gasteiger partial charge >= 0.3 is 18.0 Å². The molecule has 0 aliphatic carbocycles. The summed E-state index contributed by atoms with van der Waals surface area (Å²) in [4.78, 5) is 43.4. The van der Waals surface area contributed by atoms with Crippen molar-refractivity contribution in [1.82, 2.24) is 10.6 Å². The monoisotopic (exact) mass is 260 g/mol. The number of imide groups is 1. The number of amides is 3. The van der Waals surface area contributed by atoms with Crippen LogP contribution in [0.15, 0.2) is 0 Å². The molecule has 1 atom stereocenters. The summed E-state index contributed by atoms with van der Waals surface area (Å²) in [6.07, 6.45) is -0.241. The number of aliphatic carboxylic acids is 1. The Labute approximate surface area is 104 Å². The number of esters is 1. The van der Waals surface area contributed by atoms with Crippen molar-refractivity contribution in [2.75, 3.05) is 13.7 Å². The van der Waals surface area contributed by atoms with E-state index in [4.69, 9.17) is 5.11 Å². The molecule has 0 saturated carbocycles. The Morgan fingerprint density at radius 3 is 2.33 bits per heavy atom. The SMILES string of the molecule is COC(=O)CNC(=O)NC(=O)CC(C)CC(=O)O.